The summed E-state index contributed by atoms with van der Waals surface area (Å²) in [6, 6.07) is 8.45. The second-order valence-electron chi connectivity index (χ2n) is 7.39. The van der Waals surface area contributed by atoms with Crippen molar-refractivity contribution in [1.29, 1.82) is 0 Å². The summed E-state index contributed by atoms with van der Waals surface area (Å²) >= 11 is 5.40. The summed E-state index contributed by atoms with van der Waals surface area (Å²) in [4.78, 5) is 14.4. The topological polar surface area (TPSA) is 41.6 Å². The van der Waals surface area contributed by atoms with Crippen molar-refractivity contribution >= 4 is 29.0 Å². The number of hydrogen-bond acceptors (Lipinski definition) is 3. The summed E-state index contributed by atoms with van der Waals surface area (Å²) in [5, 5.41) is 3.74. The second-order valence-corrected chi connectivity index (χ2v) is 7.78. The van der Waals surface area contributed by atoms with Crippen molar-refractivity contribution in [3.8, 4) is 0 Å². The van der Waals surface area contributed by atoms with Crippen molar-refractivity contribution in [3.63, 3.8) is 0 Å². The van der Waals surface area contributed by atoms with Crippen LogP contribution in [0.5, 0.6) is 0 Å². The van der Waals surface area contributed by atoms with Crippen LogP contribution in [0.2, 0.25) is 0 Å². The normalized spacial score (nSPS) is 11.4. The molecule has 0 atom stereocenters. The molecule has 8 heteroatoms. The first-order chi connectivity index (χ1) is 13.9. The van der Waals surface area contributed by atoms with Gasteiger partial charge in [-0.3, -0.25) is 0 Å². The highest BCUT2D eigenvalue weighted by Gasteiger charge is 2.30. The highest BCUT2D eigenvalue weighted by atomic mass is 32.1. The van der Waals surface area contributed by atoms with Crippen molar-refractivity contribution in [2.24, 2.45) is 0 Å². The summed E-state index contributed by atoms with van der Waals surface area (Å²) in [6.45, 7) is 7.40. The molecule has 162 valence electrons. The van der Waals surface area contributed by atoms with E-state index < -0.39 is 17.7 Å². The fraction of sp³-hybridized carbons (Fsp3) is 0.364. The predicted octanol–water partition coefficient (Wildman–Crippen LogP) is 5.72. The summed E-state index contributed by atoms with van der Waals surface area (Å²) in [5.41, 5.74) is 2.10. The molecule has 0 aliphatic carbocycles. The summed E-state index contributed by atoms with van der Waals surface area (Å²) in [6.07, 6.45) is -4.44. The molecule has 0 saturated heterocycles. The molecule has 2 rings (SSSR count). The van der Waals surface area contributed by atoms with Crippen LogP contribution in [0.3, 0.4) is 0 Å². The first kappa shape index (κ1) is 23.7. The molecule has 2 aromatic rings. The molecule has 0 bridgehead atoms. The van der Waals surface area contributed by atoms with Gasteiger partial charge >= 0.3 is 12.1 Å². The van der Waals surface area contributed by atoms with Crippen LogP contribution in [0, 0.1) is 13.8 Å². The molecule has 30 heavy (non-hydrogen) atoms. The number of rotatable bonds is 5. The Morgan fingerprint density at radius 2 is 1.83 bits per heavy atom. The van der Waals surface area contributed by atoms with E-state index in [1.165, 1.54) is 12.1 Å². The number of aryl methyl sites for hydroxylation is 2. The van der Waals surface area contributed by atoms with Crippen LogP contribution in [-0.2, 0) is 17.5 Å². The van der Waals surface area contributed by atoms with Crippen LogP contribution in [0.1, 0.15) is 46.5 Å². The van der Waals surface area contributed by atoms with Gasteiger partial charge in [0.1, 0.15) is 6.61 Å². The van der Waals surface area contributed by atoms with Gasteiger partial charge in [0, 0.05) is 18.8 Å². The van der Waals surface area contributed by atoms with Crippen LogP contribution in [0.25, 0.3) is 0 Å². The number of carbonyl (C=O) groups is 1. The van der Waals surface area contributed by atoms with E-state index in [1.807, 2.05) is 32.7 Å². The van der Waals surface area contributed by atoms with Crippen molar-refractivity contribution in [2.75, 3.05) is 12.4 Å². The van der Waals surface area contributed by atoms with E-state index in [2.05, 4.69) is 5.32 Å². The van der Waals surface area contributed by atoms with Gasteiger partial charge in [0.25, 0.3) is 0 Å². The van der Waals surface area contributed by atoms with E-state index in [9.17, 15) is 18.0 Å². The third-order valence-corrected chi connectivity index (χ3v) is 5.14. The fourth-order valence-corrected chi connectivity index (χ4v) is 2.99. The maximum Gasteiger partial charge on any atom is 0.416 e. The number of benzene rings is 2. The van der Waals surface area contributed by atoms with Crippen molar-refractivity contribution in [1.82, 2.24) is 4.90 Å². The lowest BCUT2D eigenvalue weighted by Gasteiger charge is -2.25. The average molecular weight is 439 g/mol. The molecule has 0 radical (unpaired) electrons. The third kappa shape index (κ3) is 5.95. The van der Waals surface area contributed by atoms with Gasteiger partial charge in [-0.15, -0.1) is 0 Å². The van der Waals surface area contributed by atoms with Crippen LogP contribution >= 0.6 is 12.2 Å². The smallest absolute Gasteiger partial charge is 0.416 e. The number of thiocarbonyl (C=S) groups is 1. The number of hydrogen-bond donors (Lipinski definition) is 1. The Bertz CT molecular complexity index is 942. The van der Waals surface area contributed by atoms with Crippen LogP contribution in [0.4, 0.5) is 18.9 Å². The minimum atomic E-state index is -4.44. The average Bonchev–Trinajstić information content (AvgIpc) is 2.67. The Morgan fingerprint density at radius 3 is 2.43 bits per heavy atom. The first-order valence-corrected chi connectivity index (χ1v) is 9.79. The number of esters is 1. The minimum Gasteiger partial charge on any atom is -0.457 e. The molecular formula is C22H25F3N2O2S. The number of alkyl halides is 3. The van der Waals surface area contributed by atoms with Crippen molar-refractivity contribution in [2.45, 2.75) is 46.5 Å². The van der Waals surface area contributed by atoms with Gasteiger partial charge in [0.15, 0.2) is 5.11 Å². The molecule has 0 unspecified atom stereocenters. The Labute approximate surface area is 180 Å². The minimum absolute atomic E-state index is 0.233. The van der Waals surface area contributed by atoms with E-state index in [0.29, 0.717) is 16.2 Å². The maximum atomic E-state index is 12.8. The zero-order chi connectivity index (χ0) is 22.6. The molecule has 0 aliphatic heterocycles. The van der Waals surface area contributed by atoms with E-state index in [-0.39, 0.29) is 18.2 Å². The number of nitrogens with one attached hydrogen (secondary N) is 1. The van der Waals surface area contributed by atoms with E-state index >= 15 is 0 Å². The Hall–Kier alpha value is -2.61. The summed E-state index contributed by atoms with van der Waals surface area (Å²) in [5.74, 6) is -0.596. The molecule has 4 nitrogen and oxygen atoms in total. The molecule has 0 aromatic heterocycles. The van der Waals surface area contributed by atoms with Gasteiger partial charge in [-0.1, -0.05) is 12.1 Å². The van der Waals surface area contributed by atoms with E-state index in [1.54, 1.807) is 19.1 Å². The Kier molecular flexibility index (Phi) is 7.47. The Morgan fingerprint density at radius 1 is 1.17 bits per heavy atom. The van der Waals surface area contributed by atoms with Gasteiger partial charge < -0.3 is 15.0 Å². The molecule has 1 N–H and O–H groups in total. The van der Waals surface area contributed by atoms with E-state index in [4.69, 9.17) is 17.0 Å². The van der Waals surface area contributed by atoms with Gasteiger partial charge in [-0.25, -0.2) is 4.79 Å². The monoisotopic (exact) mass is 438 g/mol. The molecule has 2 aromatic carbocycles. The number of anilines is 1. The SMILES string of the molecule is Cc1cc(C(=O)OCc2cccc(C(F)(F)F)c2)c(C)cc1NC(=S)N(C)C(C)C. The quantitative estimate of drug-likeness (QED) is 0.478. The summed E-state index contributed by atoms with van der Waals surface area (Å²) in [7, 11) is 1.89. The number of carbonyl (C=O) groups excluding carboxylic acids is 1. The van der Waals surface area contributed by atoms with Crippen LogP contribution in [0.15, 0.2) is 36.4 Å². The predicted molar refractivity (Wildman–Crippen MR) is 116 cm³/mol. The molecule has 0 heterocycles. The number of ether oxygens (including phenoxy) is 1. The van der Waals surface area contributed by atoms with Gasteiger partial charge in [-0.2, -0.15) is 13.2 Å². The lowest BCUT2D eigenvalue weighted by molar-refractivity contribution is -0.137. The largest absolute Gasteiger partial charge is 0.457 e. The fourth-order valence-electron chi connectivity index (χ4n) is 2.67. The van der Waals surface area contributed by atoms with Gasteiger partial charge in [-0.05, 0) is 80.9 Å². The summed E-state index contributed by atoms with van der Waals surface area (Å²) < 4.78 is 43.7. The zero-order valence-corrected chi connectivity index (χ0v) is 18.4. The lowest BCUT2D eigenvalue weighted by Crippen LogP contribution is -2.36. The van der Waals surface area contributed by atoms with Crippen molar-refractivity contribution in [3.05, 3.63) is 64.2 Å². The maximum absolute atomic E-state index is 12.8. The molecular weight excluding hydrogens is 413 g/mol. The van der Waals surface area contributed by atoms with Crippen LogP contribution < -0.4 is 5.32 Å². The number of halogens is 3. The van der Waals surface area contributed by atoms with E-state index in [0.717, 1.165) is 23.4 Å². The number of nitrogens with zero attached hydrogens (tertiary/aromatic N) is 1. The van der Waals surface area contributed by atoms with Crippen LogP contribution in [-0.4, -0.2) is 29.1 Å². The van der Waals surface area contributed by atoms with Gasteiger partial charge in [0.05, 0.1) is 11.1 Å². The lowest BCUT2D eigenvalue weighted by atomic mass is 10.0. The Balaban J connectivity index is 2.12. The van der Waals surface area contributed by atoms with Crippen molar-refractivity contribution < 1.29 is 22.7 Å². The standard InChI is InChI=1S/C22H25F3N2O2S/c1-13(2)27(5)21(30)26-19-10-14(3)18(9-15(19)4)20(28)29-12-16-7-6-8-17(11-16)22(23,24)25/h6-11,13H,12H2,1-5H3,(H,26,30). The molecule has 0 saturated carbocycles. The molecule has 0 fully saturated rings. The molecule has 0 amide bonds. The first-order valence-electron chi connectivity index (χ1n) is 9.38. The van der Waals surface area contributed by atoms with Gasteiger partial charge in [0.2, 0.25) is 0 Å². The zero-order valence-electron chi connectivity index (χ0n) is 17.6. The highest BCUT2D eigenvalue weighted by Crippen LogP contribution is 2.30. The third-order valence-electron chi connectivity index (χ3n) is 4.75. The second kappa shape index (κ2) is 9.47. The molecule has 0 aliphatic rings. The highest BCUT2D eigenvalue weighted by molar-refractivity contribution is 7.80. The molecule has 0 spiro atoms.